The van der Waals surface area contributed by atoms with Gasteiger partial charge in [-0.2, -0.15) is 0 Å². The fourth-order valence-corrected chi connectivity index (χ4v) is 2.88. The highest BCUT2D eigenvalue weighted by Crippen LogP contribution is 2.26. The first-order chi connectivity index (χ1) is 9.22. The fraction of sp³-hybridized carbons (Fsp3) is 0.600. The van der Waals surface area contributed by atoms with Crippen LogP contribution in [0.1, 0.15) is 31.2 Å². The number of hydrogen-bond donors (Lipinski definition) is 1. The summed E-state index contributed by atoms with van der Waals surface area (Å²) in [6.07, 6.45) is 5.10. The van der Waals surface area contributed by atoms with Gasteiger partial charge < -0.3 is 14.8 Å². The van der Waals surface area contributed by atoms with Crippen molar-refractivity contribution < 1.29 is 9.47 Å². The summed E-state index contributed by atoms with van der Waals surface area (Å²) in [4.78, 5) is 0. The van der Waals surface area contributed by atoms with Gasteiger partial charge in [-0.25, -0.2) is 0 Å². The Hall–Kier alpha value is -0.580. The monoisotopic (exact) mass is 327 g/mol. The van der Waals surface area contributed by atoms with Crippen LogP contribution in [0.2, 0.25) is 0 Å². The van der Waals surface area contributed by atoms with Crippen molar-refractivity contribution in [3.8, 4) is 5.75 Å². The predicted molar refractivity (Wildman–Crippen MR) is 80.6 cm³/mol. The number of hydrogen-bond acceptors (Lipinski definition) is 3. The summed E-state index contributed by atoms with van der Waals surface area (Å²) in [6.45, 7) is 0.646. The minimum atomic E-state index is 0.391. The van der Waals surface area contributed by atoms with Gasteiger partial charge in [-0.1, -0.05) is 15.9 Å². The van der Waals surface area contributed by atoms with E-state index in [0.717, 1.165) is 28.6 Å². The molecule has 1 fully saturated rings. The van der Waals surface area contributed by atoms with Crippen molar-refractivity contribution >= 4 is 15.9 Å². The summed E-state index contributed by atoms with van der Waals surface area (Å²) in [5.74, 6) is 0.876. The van der Waals surface area contributed by atoms with Crippen molar-refractivity contribution in [1.82, 2.24) is 5.32 Å². The van der Waals surface area contributed by atoms with Gasteiger partial charge in [0.25, 0.3) is 0 Å². The Balaban J connectivity index is 1.85. The van der Waals surface area contributed by atoms with Crippen LogP contribution in [-0.2, 0) is 11.3 Å². The van der Waals surface area contributed by atoms with Gasteiger partial charge in [0.2, 0.25) is 0 Å². The highest BCUT2D eigenvalue weighted by Gasteiger charge is 2.20. The Labute approximate surface area is 123 Å². The molecule has 1 aromatic rings. The van der Waals surface area contributed by atoms with Gasteiger partial charge in [0.1, 0.15) is 5.75 Å². The van der Waals surface area contributed by atoms with Gasteiger partial charge in [-0.3, -0.25) is 0 Å². The molecule has 19 heavy (non-hydrogen) atoms. The summed E-state index contributed by atoms with van der Waals surface area (Å²) in [6, 6.07) is 6.66. The second kappa shape index (κ2) is 7.27. The molecule has 0 atom stereocenters. The first-order valence-corrected chi connectivity index (χ1v) is 7.63. The van der Waals surface area contributed by atoms with Crippen molar-refractivity contribution in [1.29, 1.82) is 0 Å². The second-order valence-corrected chi connectivity index (χ2v) is 5.88. The summed E-state index contributed by atoms with van der Waals surface area (Å²) in [5, 5.41) is 3.34. The van der Waals surface area contributed by atoms with E-state index in [1.807, 2.05) is 25.2 Å². The zero-order valence-corrected chi connectivity index (χ0v) is 13.2. The van der Waals surface area contributed by atoms with Crippen LogP contribution in [0.25, 0.3) is 0 Å². The molecule has 0 saturated heterocycles. The van der Waals surface area contributed by atoms with Gasteiger partial charge in [0.05, 0.1) is 19.8 Å². The van der Waals surface area contributed by atoms with Crippen molar-refractivity contribution in [3.05, 3.63) is 28.2 Å². The standard InChI is InChI=1S/C15H22BrNO2/c1-17-12-3-5-13(6-4-12)19-10-11-9-14(18-2)7-8-15(11)16/h7-9,12-13,17H,3-6,10H2,1-2H3. The molecule has 1 aliphatic carbocycles. The lowest BCUT2D eigenvalue weighted by Gasteiger charge is -2.28. The Morgan fingerprint density at radius 3 is 2.63 bits per heavy atom. The molecular formula is C15H22BrNO2. The third-order valence-corrected chi connectivity index (χ3v) is 4.58. The van der Waals surface area contributed by atoms with E-state index in [0.29, 0.717) is 18.8 Å². The van der Waals surface area contributed by atoms with Crippen LogP contribution in [0.4, 0.5) is 0 Å². The highest BCUT2D eigenvalue weighted by atomic mass is 79.9. The first-order valence-electron chi connectivity index (χ1n) is 6.84. The lowest BCUT2D eigenvalue weighted by atomic mass is 9.93. The molecule has 0 bridgehead atoms. The maximum absolute atomic E-state index is 6.03. The Bertz CT molecular complexity index is 403. The molecule has 3 nitrogen and oxygen atoms in total. The summed E-state index contributed by atoms with van der Waals surface area (Å²) in [5.41, 5.74) is 1.15. The zero-order valence-electron chi connectivity index (χ0n) is 11.6. The molecule has 0 heterocycles. The molecule has 0 aliphatic heterocycles. The van der Waals surface area contributed by atoms with Gasteiger partial charge in [-0.05, 0) is 56.5 Å². The van der Waals surface area contributed by atoms with E-state index in [9.17, 15) is 0 Å². The molecular weight excluding hydrogens is 306 g/mol. The maximum atomic E-state index is 6.03. The Morgan fingerprint density at radius 2 is 2.00 bits per heavy atom. The van der Waals surface area contributed by atoms with Crippen LogP contribution < -0.4 is 10.1 Å². The minimum Gasteiger partial charge on any atom is -0.497 e. The molecule has 1 saturated carbocycles. The topological polar surface area (TPSA) is 30.5 Å². The molecule has 4 heteroatoms. The molecule has 1 aromatic carbocycles. The third-order valence-electron chi connectivity index (χ3n) is 3.81. The Morgan fingerprint density at radius 1 is 1.26 bits per heavy atom. The van der Waals surface area contributed by atoms with Crippen LogP contribution in [0.5, 0.6) is 5.75 Å². The van der Waals surface area contributed by atoms with Gasteiger partial charge in [0, 0.05) is 10.5 Å². The summed E-state index contributed by atoms with van der Waals surface area (Å²) in [7, 11) is 3.73. The van der Waals surface area contributed by atoms with Crippen molar-refractivity contribution in [2.24, 2.45) is 0 Å². The van der Waals surface area contributed by atoms with Crippen LogP contribution in [-0.4, -0.2) is 26.3 Å². The molecule has 0 aromatic heterocycles. The number of methoxy groups -OCH3 is 1. The van der Waals surface area contributed by atoms with E-state index in [-0.39, 0.29) is 0 Å². The van der Waals surface area contributed by atoms with Gasteiger partial charge in [0.15, 0.2) is 0 Å². The average Bonchev–Trinajstić information content (AvgIpc) is 2.47. The number of nitrogens with one attached hydrogen (secondary N) is 1. The zero-order chi connectivity index (χ0) is 13.7. The molecule has 106 valence electrons. The smallest absolute Gasteiger partial charge is 0.119 e. The van der Waals surface area contributed by atoms with E-state index in [2.05, 4.69) is 21.2 Å². The van der Waals surface area contributed by atoms with E-state index in [1.54, 1.807) is 7.11 Å². The van der Waals surface area contributed by atoms with Gasteiger partial charge >= 0.3 is 0 Å². The SMILES string of the molecule is CNC1CCC(OCc2cc(OC)ccc2Br)CC1. The van der Waals surface area contributed by atoms with Crippen LogP contribution in [0, 0.1) is 0 Å². The van der Waals surface area contributed by atoms with E-state index >= 15 is 0 Å². The number of halogens is 1. The Kier molecular flexibility index (Phi) is 5.67. The van der Waals surface area contributed by atoms with Crippen molar-refractivity contribution in [2.75, 3.05) is 14.2 Å². The van der Waals surface area contributed by atoms with E-state index in [4.69, 9.17) is 9.47 Å². The van der Waals surface area contributed by atoms with E-state index < -0.39 is 0 Å². The van der Waals surface area contributed by atoms with Crippen molar-refractivity contribution in [2.45, 2.75) is 44.4 Å². The van der Waals surface area contributed by atoms with Crippen LogP contribution in [0.15, 0.2) is 22.7 Å². The molecule has 1 aliphatic rings. The van der Waals surface area contributed by atoms with Crippen molar-refractivity contribution in [3.63, 3.8) is 0 Å². The number of rotatable bonds is 5. The molecule has 2 rings (SSSR count). The number of benzene rings is 1. The average molecular weight is 328 g/mol. The second-order valence-electron chi connectivity index (χ2n) is 5.03. The van der Waals surface area contributed by atoms with E-state index in [1.165, 1.54) is 12.8 Å². The molecule has 0 radical (unpaired) electrons. The third kappa shape index (κ3) is 4.20. The van der Waals surface area contributed by atoms with Crippen LogP contribution >= 0.6 is 15.9 Å². The molecule has 1 N–H and O–H groups in total. The lowest BCUT2D eigenvalue weighted by Crippen LogP contribution is -2.32. The molecule has 0 spiro atoms. The number of ether oxygens (including phenoxy) is 2. The predicted octanol–water partition coefficient (Wildman–Crippen LogP) is 3.50. The minimum absolute atomic E-state index is 0.391. The largest absolute Gasteiger partial charge is 0.497 e. The fourth-order valence-electron chi connectivity index (χ4n) is 2.51. The van der Waals surface area contributed by atoms with Crippen LogP contribution in [0.3, 0.4) is 0 Å². The molecule has 0 unspecified atom stereocenters. The highest BCUT2D eigenvalue weighted by molar-refractivity contribution is 9.10. The summed E-state index contributed by atoms with van der Waals surface area (Å²) >= 11 is 3.56. The normalized spacial score (nSPS) is 23.3. The first kappa shape index (κ1) is 14.8. The lowest BCUT2D eigenvalue weighted by molar-refractivity contribution is 0.0115. The van der Waals surface area contributed by atoms with Gasteiger partial charge in [-0.15, -0.1) is 0 Å². The molecule has 0 amide bonds. The summed E-state index contributed by atoms with van der Waals surface area (Å²) < 4.78 is 12.4. The maximum Gasteiger partial charge on any atom is 0.119 e. The quantitative estimate of drug-likeness (QED) is 0.897.